The fourth-order valence-corrected chi connectivity index (χ4v) is 4.53. The molecule has 2 atom stereocenters. The van der Waals surface area contributed by atoms with Crippen LogP contribution < -0.4 is 4.72 Å². The molecule has 3 aromatic rings. The highest BCUT2D eigenvalue weighted by atomic mass is 35.5. The third-order valence-corrected chi connectivity index (χ3v) is 6.38. The lowest BCUT2D eigenvalue weighted by atomic mass is 9.87. The molecule has 0 saturated carbocycles. The van der Waals surface area contributed by atoms with E-state index in [-0.39, 0.29) is 4.90 Å². The van der Waals surface area contributed by atoms with E-state index >= 15 is 0 Å². The lowest BCUT2D eigenvalue weighted by Crippen LogP contribution is -2.33. The van der Waals surface area contributed by atoms with Gasteiger partial charge in [-0.05, 0) is 42.3 Å². The van der Waals surface area contributed by atoms with Gasteiger partial charge >= 0.3 is 0 Å². The van der Waals surface area contributed by atoms with Crippen molar-refractivity contribution in [3.05, 3.63) is 113 Å². The van der Waals surface area contributed by atoms with Crippen LogP contribution in [0.15, 0.2) is 96.2 Å². The number of aryl methyl sites for hydroxylation is 1. The largest absolute Gasteiger partial charge is 0.241 e. The van der Waals surface area contributed by atoms with Gasteiger partial charge in [0, 0.05) is 5.02 Å². The molecule has 6 heteroatoms. The maximum Gasteiger partial charge on any atom is 0.241 e. The number of benzene rings is 3. The van der Waals surface area contributed by atoms with Crippen LogP contribution in [0.1, 0.15) is 28.7 Å². The third kappa shape index (κ3) is 5.12. The van der Waals surface area contributed by atoms with Crippen molar-refractivity contribution < 1.29 is 12.8 Å². The Kier molecular flexibility index (Phi) is 6.52. The van der Waals surface area contributed by atoms with Crippen molar-refractivity contribution in [2.24, 2.45) is 0 Å². The number of sulfonamides is 1. The van der Waals surface area contributed by atoms with Gasteiger partial charge in [0.1, 0.15) is 5.83 Å². The Labute approximate surface area is 175 Å². The molecule has 0 aliphatic carbocycles. The minimum Gasteiger partial charge on any atom is -0.212 e. The van der Waals surface area contributed by atoms with Gasteiger partial charge in [-0.25, -0.2) is 17.5 Å². The summed E-state index contributed by atoms with van der Waals surface area (Å²) in [7, 11) is -3.91. The van der Waals surface area contributed by atoms with Gasteiger partial charge in [0.15, 0.2) is 0 Å². The van der Waals surface area contributed by atoms with Crippen molar-refractivity contribution in [1.29, 1.82) is 0 Å². The van der Waals surface area contributed by atoms with Crippen LogP contribution in [0.3, 0.4) is 0 Å². The monoisotopic (exact) mass is 429 g/mol. The van der Waals surface area contributed by atoms with E-state index in [0.717, 1.165) is 5.56 Å². The van der Waals surface area contributed by atoms with E-state index in [1.165, 1.54) is 12.1 Å². The second kappa shape index (κ2) is 8.91. The van der Waals surface area contributed by atoms with Crippen LogP contribution in [0, 0.1) is 6.92 Å². The van der Waals surface area contributed by atoms with E-state index in [1.807, 2.05) is 13.0 Å². The van der Waals surface area contributed by atoms with Crippen molar-refractivity contribution in [3.63, 3.8) is 0 Å². The summed E-state index contributed by atoms with van der Waals surface area (Å²) in [4.78, 5) is 0.110. The maximum atomic E-state index is 14.6. The van der Waals surface area contributed by atoms with Crippen LogP contribution in [0.4, 0.5) is 4.39 Å². The Morgan fingerprint density at radius 1 is 0.931 bits per heavy atom. The van der Waals surface area contributed by atoms with Gasteiger partial charge < -0.3 is 0 Å². The molecule has 1 N–H and O–H groups in total. The van der Waals surface area contributed by atoms with Gasteiger partial charge in [0.25, 0.3) is 0 Å². The van der Waals surface area contributed by atoms with E-state index in [0.29, 0.717) is 16.1 Å². The molecule has 0 aromatic heterocycles. The molecule has 3 aromatic carbocycles. The Morgan fingerprint density at radius 2 is 1.52 bits per heavy atom. The van der Waals surface area contributed by atoms with Crippen LogP contribution in [-0.2, 0) is 10.0 Å². The summed E-state index contributed by atoms with van der Waals surface area (Å²) in [6.07, 6.45) is 0. The zero-order chi connectivity index (χ0) is 21.0. The summed E-state index contributed by atoms with van der Waals surface area (Å²) in [6, 6.07) is 21.1. The highest BCUT2D eigenvalue weighted by Crippen LogP contribution is 2.38. The highest BCUT2D eigenvalue weighted by Gasteiger charge is 2.32. The summed E-state index contributed by atoms with van der Waals surface area (Å²) in [5.74, 6) is -1.54. The first-order valence-corrected chi connectivity index (χ1v) is 10.9. The van der Waals surface area contributed by atoms with E-state index in [1.54, 1.807) is 60.7 Å². The van der Waals surface area contributed by atoms with Gasteiger partial charge in [-0.2, -0.15) is 0 Å². The molecule has 0 radical (unpaired) electrons. The van der Waals surface area contributed by atoms with Crippen LogP contribution in [0.2, 0.25) is 5.02 Å². The lowest BCUT2D eigenvalue weighted by molar-refractivity contribution is 0.461. The van der Waals surface area contributed by atoms with Crippen LogP contribution in [0.5, 0.6) is 0 Å². The molecule has 0 fully saturated rings. The van der Waals surface area contributed by atoms with Crippen molar-refractivity contribution in [2.75, 3.05) is 0 Å². The quantitative estimate of drug-likeness (QED) is 0.505. The summed E-state index contributed by atoms with van der Waals surface area (Å²) >= 11 is 5.99. The maximum absolute atomic E-state index is 14.6. The molecule has 0 aliphatic heterocycles. The molecule has 3 rings (SSSR count). The molecule has 0 spiro atoms. The Hall–Kier alpha value is -2.47. The first-order valence-electron chi connectivity index (χ1n) is 9.01. The molecule has 0 unspecified atom stereocenters. The fraction of sp³-hybridized carbons (Fsp3) is 0.130. The molecule has 3 nitrogen and oxygen atoms in total. The number of halogens is 2. The average Bonchev–Trinajstić information content (AvgIpc) is 2.69. The minimum atomic E-state index is -3.91. The molecule has 0 bridgehead atoms. The minimum absolute atomic E-state index is 0.110. The van der Waals surface area contributed by atoms with Crippen molar-refractivity contribution >= 4 is 21.6 Å². The number of hydrogen-bond acceptors (Lipinski definition) is 2. The van der Waals surface area contributed by atoms with Crippen molar-refractivity contribution in [3.8, 4) is 0 Å². The second-order valence-corrected chi connectivity index (χ2v) is 8.95. The first kappa shape index (κ1) is 21.2. The Bertz CT molecular complexity index is 1080. The van der Waals surface area contributed by atoms with E-state index in [2.05, 4.69) is 11.3 Å². The number of nitrogens with one attached hydrogen (secondary N) is 1. The standard InChI is InChI=1S/C23H21ClFNO2S/c1-16-8-14-21(15-9-16)29(27,28)26-23(19-10-12-20(24)13-11-19)22(17(2)25)18-6-4-3-5-7-18/h3-15,22-23,26H,2H2,1H3/t22-,23+/m0/s1. The van der Waals surface area contributed by atoms with Crippen molar-refractivity contribution in [2.45, 2.75) is 23.8 Å². The van der Waals surface area contributed by atoms with E-state index in [9.17, 15) is 12.8 Å². The summed E-state index contributed by atoms with van der Waals surface area (Å²) in [6.45, 7) is 5.36. The zero-order valence-corrected chi connectivity index (χ0v) is 17.4. The SMILES string of the molecule is C=C(F)[C@@H](c1ccccc1)[C@H](NS(=O)(=O)c1ccc(C)cc1)c1ccc(Cl)cc1. The van der Waals surface area contributed by atoms with Gasteiger partial charge in [0.2, 0.25) is 10.0 Å². The van der Waals surface area contributed by atoms with Crippen LogP contribution in [-0.4, -0.2) is 8.42 Å². The highest BCUT2D eigenvalue weighted by molar-refractivity contribution is 7.89. The van der Waals surface area contributed by atoms with Crippen molar-refractivity contribution in [1.82, 2.24) is 4.72 Å². The number of rotatable bonds is 7. The first-order chi connectivity index (χ1) is 13.8. The molecule has 29 heavy (non-hydrogen) atoms. The zero-order valence-electron chi connectivity index (χ0n) is 15.8. The van der Waals surface area contributed by atoms with Gasteiger partial charge in [-0.3, -0.25) is 0 Å². The molecule has 0 amide bonds. The average molecular weight is 430 g/mol. The van der Waals surface area contributed by atoms with Gasteiger partial charge in [-0.1, -0.05) is 78.3 Å². The van der Waals surface area contributed by atoms with Crippen LogP contribution >= 0.6 is 11.6 Å². The summed E-state index contributed by atoms with van der Waals surface area (Å²) in [5, 5.41) is 0.504. The molecule has 0 heterocycles. The Morgan fingerprint density at radius 3 is 2.07 bits per heavy atom. The van der Waals surface area contributed by atoms with Crippen LogP contribution in [0.25, 0.3) is 0 Å². The summed E-state index contributed by atoms with van der Waals surface area (Å²) in [5.41, 5.74) is 2.14. The Balaban J connectivity index is 2.08. The molecular formula is C23H21ClFNO2S. The number of hydrogen-bond donors (Lipinski definition) is 1. The lowest BCUT2D eigenvalue weighted by Gasteiger charge is -2.28. The second-order valence-electron chi connectivity index (χ2n) is 6.80. The van der Waals surface area contributed by atoms with E-state index in [4.69, 9.17) is 11.6 Å². The van der Waals surface area contributed by atoms with Gasteiger partial charge in [0.05, 0.1) is 16.9 Å². The predicted molar refractivity (Wildman–Crippen MR) is 115 cm³/mol. The summed E-state index contributed by atoms with van der Waals surface area (Å²) < 4.78 is 43.4. The third-order valence-electron chi connectivity index (χ3n) is 4.67. The molecule has 0 aliphatic rings. The topological polar surface area (TPSA) is 46.2 Å². The molecule has 150 valence electrons. The predicted octanol–water partition coefficient (Wildman–Crippen LogP) is 5.94. The van der Waals surface area contributed by atoms with E-state index < -0.39 is 27.8 Å². The smallest absolute Gasteiger partial charge is 0.212 e. The molecule has 0 saturated heterocycles. The van der Waals surface area contributed by atoms with Gasteiger partial charge in [-0.15, -0.1) is 0 Å². The normalized spacial score (nSPS) is 13.6. The fourth-order valence-electron chi connectivity index (χ4n) is 3.17. The molecular weight excluding hydrogens is 409 g/mol.